The molecule has 0 N–H and O–H groups in total. The zero-order valence-corrected chi connectivity index (χ0v) is 11.8. The van der Waals surface area contributed by atoms with Gasteiger partial charge in [-0.2, -0.15) is 0 Å². The number of hydrogen-bond donors (Lipinski definition) is 0. The first-order chi connectivity index (χ1) is 8.24. The third kappa shape index (κ3) is 2.25. The van der Waals surface area contributed by atoms with Gasteiger partial charge in [-0.1, -0.05) is 19.3 Å². The zero-order valence-electron chi connectivity index (χ0n) is 9.38. The Morgan fingerprint density at radius 2 is 2.00 bits per heavy atom. The second kappa shape index (κ2) is 4.65. The van der Waals surface area contributed by atoms with Gasteiger partial charge in [0, 0.05) is 12.0 Å². The number of halogens is 2. The lowest BCUT2D eigenvalue weighted by molar-refractivity contribution is 0.443. The van der Waals surface area contributed by atoms with E-state index in [0.717, 1.165) is 10.2 Å². The lowest BCUT2D eigenvalue weighted by Crippen LogP contribution is -2.03. The van der Waals surface area contributed by atoms with Crippen molar-refractivity contribution in [2.24, 2.45) is 0 Å². The molecule has 17 heavy (non-hydrogen) atoms. The van der Waals surface area contributed by atoms with Gasteiger partial charge in [-0.05, 0) is 34.8 Å². The van der Waals surface area contributed by atoms with Crippen LogP contribution < -0.4 is 0 Å². The molecule has 1 fully saturated rings. The largest absolute Gasteiger partial charge is 0.241 e. The minimum Gasteiger partial charge on any atom is -0.241 e. The predicted molar refractivity (Wildman–Crippen MR) is 73.1 cm³/mol. The van der Waals surface area contributed by atoms with Gasteiger partial charge in [-0.3, -0.25) is 0 Å². The first kappa shape index (κ1) is 11.6. The minimum atomic E-state index is -0.224. The van der Waals surface area contributed by atoms with Crippen LogP contribution in [0.3, 0.4) is 0 Å². The Kier molecular flexibility index (Phi) is 3.17. The van der Waals surface area contributed by atoms with Crippen LogP contribution in [0.25, 0.3) is 10.2 Å². The summed E-state index contributed by atoms with van der Waals surface area (Å²) in [6.07, 6.45) is 6.44. The molecule has 0 aliphatic heterocycles. The lowest BCUT2D eigenvalue weighted by atomic mass is 9.90. The summed E-state index contributed by atoms with van der Waals surface area (Å²) in [5.74, 6) is 0.376. The maximum Gasteiger partial charge on any atom is 0.139 e. The van der Waals surface area contributed by atoms with Crippen molar-refractivity contribution < 1.29 is 4.39 Å². The van der Waals surface area contributed by atoms with Gasteiger partial charge in [-0.25, -0.2) is 9.37 Å². The highest BCUT2D eigenvalue weighted by atomic mass is 79.9. The van der Waals surface area contributed by atoms with Crippen LogP contribution in [-0.2, 0) is 0 Å². The van der Waals surface area contributed by atoms with Gasteiger partial charge in [0.25, 0.3) is 0 Å². The summed E-state index contributed by atoms with van der Waals surface area (Å²) < 4.78 is 15.0. The molecule has 1 aliphatic carbocycles. The van der Waals surface area contributed by atoms with Crippen molar-refractivity contribution in [3.05, 3.63) is 27.4 Å². The average Bonchev–Trinajstić information content (AvgIpc) is 2.74. The van der Waals surface area contributed by atoms with Crippen LogP contribution in [0.5, 0.6) is 0 Å². The van der Waals surface area contributed by atoms with E-state index in [9.17, 15) is 4.39 Å². The van der Waals surface area contributed by atoms with Crippen LogP contribution in [0.1, 0.15) is 43.0 Å². The number of rotatable bonds is 1. The van der Waals surface area contributed by atoms with E-state index in [1.165, 1.54) is 43.2 Å². The van der Waals surface area contributed by atoms with Crippen LogP contribution in [0.2, 0.25) is 0 Å². The Hall–Kier alpha value is -0.480. The molecule has 0 amide bonds. The molecule has 0 unspecified atom stereocenters. The van der Waals surface area contributed by atoms with Crippen molar-refractivity contribution in [3.63, 3.8) is 0 Å². The molecule has 0 atom stereocenters. The van der Waals surface area contributed by atoms with E-state index in [1.54, 1.807) is 11.3 Å². The van der Waals surface area contributed by atoms with Crippen LogP contribution in [0.4, 0.5) is 4.39 Å². The second-order valence-corrected chi connectivity index (χ2v) is 6.54. The highest BCUT2D eigenvalue weighted by Crippen LogP contribution is 2.37. The first-order valence-electron chi connectivity index (χ1n) is 5.99. The Morgan fingerprint density at radius 3 is 2.76 bits per heavy atom. The zero-order chi connectivity index (χ0) is 11.8. The molecule has 0 spiro atoms. The monoisotopic (exact) mass is 313 g/mol. The summed E-state index contributed by atoms with van der Waals surface area (Å²) in [7, 11) is 0. The predicted octanol–water partition coefficient (Wildman–Crippen LogP) is 5.25. The lowest BCUT2D eigenvalue weighted by Gasteiger charge is -2.18. The number of aromatic nitrogens is 1. The molecule has 1 aromatic carbocycles. The molecule has 2 aromatic rings. The maximum atomic E-state index is 13.4. The van der Waals surface area contributed by atoms with Crippen LogP contribution >= 0.6 is 27.3 Å². The number of hydrogen-bond acceptors (Lipinski definition) is 2. The molecular weight excluding hydrogens is 301 g/mol. The Balaban J connectivity index is 2.00. The fourth-order valence-electron chi connectivity index (χ4n) is 2.47. The van der Waals surface area contributed by atoms with Gasteiger partial charge >= 0.3 is 0 Å². The summed E-state index contributed by atoms with van der Waals surface area (Å²) in [5.41, 5.74) is 0.802. The second-order valence-electron chi connectivity index (χ2n) is 4.62. The number of nitrogens with zero attached hydrogens (tertiary/aromatic N) is 1. The molecule has 1 saturated carbocycles. The molecule has 3 rings (SSSR count). The van der Waals surface area contributed by atoms with Gasteiger partial charge in [0.15, 0.2) is 0 Å². The number of thiazole rings is 1. The summed E-state index contributed by atoms with van der Waals surface area (Å²) in [5, 5.41) is 1.19. The van der Waals surface area contributed by atoms with E-state index in [0.29, 0.717) is 10.4 Å². The maximum absolute atomic E-state index is 13.4. The van der Waals surface area contributed by atoms with Crippen molar-refractivity contribution in [1.82, 2.24) is 4.98 Å². The number of fused-ring (bicyclic) bond motifs is 1. The van der Waals surface area contributed by atoms with Crippen LogP contribution in [-0.4, -0.2) is 4.98 Å². The molecule has 0 bridgehead atoms. The van der Waals surface area contributed by atoms with E-state index < -0.39 is 0 Å². The molecule has 1 nitrogen and oxygen atoms in total. The molecular formula is C13H13BrFNS. The SMILES string of the molecule is Fc1cc2nc(C3CCCCC3)sc2cc1Br. The molecule has 1 aromatic heterocycles. The van der Waals surface area contributed by atoms with Gasteiger partial charge in [0.05, 0.1) is 19.7 Å². The topological polar surface area (TPSA) is 12.9 Å². The van der Waals surface area contributed by atoms with E-state index in [-0.39, 0.29) is 5.82 Å². The summed E-state index contributed by atoms with van der Waals surface area (Å²) in [4.78, 5) is 4.60. The van der Waals surface area contributed by atoms with Crippen molar-refractivity contribution in [2.45, 2.75) is 38.0 Å². The minimum absolute atomic E-state index is 0.224. The normalized spacial score (nSPS) is 17.8. The third-order valence-corrected chi connectivity index (χ3v) is 5.19. The number of benzene rings is 1. The van der Waals surface area contributed by atoms with Crippen LogP contribution in [0.15, 0.2) is 16.6 Å². The van der Waals surface area contributed by atoms with E-state index in [4.69, 9.17) is 0 Å². The standard InChI is InChI=1S/C13H13BrFNS/c14-9-6-12-11(7-10(9)15)16-13(17-12)8-4-2-1-3-5-8/h6-8H,1-5H2. The van der Waals surface area contributed by atoms with E-state index in [2.05, 4.69) is 20.9 Å². The Morgan fingerprint density at radius 1 is 1.24 bits per heavy atom. The summed E-state index contributed by atoms with van der Waals surface area (Å²) in [6, 6.07) is 3.37. The molecule has 1 aliphatic rings. The van der Waals surface area contributed by atoms with Crippen molar-refractivity contribution in [3.8, 4) is 0 Å². The smallest absolute Gasteiger partial charge is 0.139 e. The molecule has 1 heterocycles. The Bertz CT molecular complexity index is 507. The third-order valence-electron chi connectivity index (χ3n) is 3.40. The van der Waals surface area contributed by atoms with Crippen LogP contribution in [0, 0.1) is 5.82 Å². The average molecular weight is 314 g/mol. The van der Waals surface area contributed by atoms with Crippen molar-refractivity contribution >= 4 is 37.5 Å². The van der Waals surface area contributed by atoms with Gasteiger partial charge in [0.1, 0.15) is 5.82 Å². The van der Waals surface area contributed by atoms with Crippen molar-refractivity contribution in [1.29, 1.82) is 0 Å². The fraction of sp³-hybridized carbons (Fsp3) is 0.462. The van der Waals surface area contributed by atoms with Crippen molar-refractivity contribution in [2.75, 3.05) is 0 Å². The molecule has 0 saturated heterocycles. The quantitative estimate of drug-likeness (QED) is 0.701. The highest BCUT2D eigenvalue weighted by Gasteiger charge is 2.19. The summed E-state index contributed by atoms with van der Waals surface area (Å²) in [6.45, 7) is 0. The van der Waals surface area contributed by atoms with Gasteiger partial charge in [0.2, 0.25) is 0 Å². The van der Waals surface area contributed by atoms with E-state index in [1.807, 2.05) is 6.07 Å². The molecule has 90 valence electrons. The fourth-order valence-corrected chi connectivity index (χ4v) is 4.12. The molecule has 0 radical (unpaired) electrons. The molecule has 4 heteroatoms. The first-order valence-corrected chi connectivity index (χ1v) is 7.60. The summed E-state index contributed by atoms with van der Waals surface area (Å²) >= 11 is 4.94. The van der Waals surface area contributed by atoms with Gasteiger partial charge < -0.3 is 0 Å². The highest BCUT2D eigenvalue weighted by molar-refractivity contribution is 9.10. The van der Waals surface area contributed by atoms with E-state index >= 15 is 0 Å². The van der Waals surface area contributed by atoms with Gasteiger partial charge in [-0.15, -0.1) is 11.3 Å². The Labute approximate surface area is 112 Å².